The van der Waals surface area contributed by atoms with Crippen LogP contribution in [0.5, 0.6) is 0 Å². The molecule has 0 aliphatic rings. The Balaban J connectivity index is 2.66. The number of hydrogen-bond acceptors (Lipinski definition) is 3. The van der Waals surface area contributed by atoms with Crippen molar-refractivity contribution in [3.8, 4) is 0 Å². The number of nitrogens with zero attached hydrogens (tertiary/aromatic N) is 2. The molecule has 0 saturated heterocycles. The summed E-state index contributed by atoms with van der Waals surface area (Å²) in [6.45, 7) is 5.98. The number of nitrogens with one attached hydrogen (secondary N) is 3. The van der Waals surface area contributed by atoms with E-state index >= 15 is 0 Å². The maximum Gasteiger partial charge on any atom is 0.206 e. The van der Waals surface area contributed by atoms with Gasteiger partial charge in [-0.2, -0.15) is 0 Å². The topological polar surface area (TPSA) is 91.1 Å². The molecule has 0 amide bonds. The minimum Gasteiger partial charge on any atom is -0.353 e. The van der Waals surface area contributed by atoms with Crippen LogP contribution in [0.25, 0.3) is 0 Å². The normalized spacial score (nSPS) is 14.1. The number of aromatic amines is 1. The fraction of sp³-hybridized carbons (Fsp3) is 0.556. The zero-order chi connectivity index (χ0) is 11.3. The molecule has 0 aromatic carbocycles. The molecular weight excluding hydrogens is 192 g/mol. The van der Waals surface area contributed by atoms with Crippen LogP contribution in [0.3, 0.4) is 0 Å². The molecule has 5 N–H and O–H groups in total. The minimum absolute atomic E-state index is 0.0581. The fourth-order valence-corrected chi connectivity index (χ4v) is 1.15. The Hall–Kier alpha value is -1.56. The van der Waals surface area contributed by atoms with E-state index in [0.717, 1.165) is 5.82 Å². The van der Waals surface area contributed by atoms with Gasteiger partial charge in [0.25, 0.3) is 0 Å². The lowest BCUT2D eigenvalue weighted by Gasteiger charge is -2.13. The number of hydrogen-bond donors (Lipinski definition) is 4. The van der Waals surface area contributed by atoms with E-state index in [-0.39, 0.29) is 12.1 Å². The summed E-state index contributed by atoms with van der Waals surface area (Å²) in [4.78, 5) is 11.5. The van der Waals surface area contributed by atoms with Crippen LogP contribution >= 0.6 is 0 Å². The van der Waals surface area contributed by atoms with Gasteiger partial charge in [-0.05, 0) is 20.8 Å². The molecule has 0 aliphatic heterocycles. The number of nitrogens with two attached hydrogens (primary N) is 1. The molecular formula is C9H18N6. The number of aliphatic imine (C=N–C) groups is 1. The maximum atomic E-state index is 5.35. The highest BCUT2D eigenvalue weighted by Gasteiger charge is 2.07. The van der Waals surface area contributed by atoms with Gasteiger partial charge in [0.1, 0.15) is 11.9 Å². The van der Waals surface area contributed by atoms with Crippen LogP contribution in [0.15, 0.2) is 17.4 Å². The quantitative estimate of drug-likeness (QED) is 0.250. The summed E-state index contributed by atoms with van der Waals surface area (Å²) < 4.78 is 0. The Morgan fingerprint density at radius 2 is 2.27 bits per heavy atom. The molecule has 6 nitrogen and oxygen atoms in total. The van der Waals surface area contributed by atoms with E-state index in [0.29, 0.717) is 5.96 Å². The van der Waals surface area contributed by atoms with Crippen LogP contribution in [0.4, 0.5) is 0 Å². The predicted octanol–water partition coefficient (Wildman–Crippen LogP) is 0.288. The summed E-state index contributed by atoms with van der Waals surface area (Å²) in [7, 11) is 0. The monoisotopic (exact) mass is 210 g/mol. The lowest BCUT2D eigenvalue weighted by molar-refractivity contribution is 0.678. The van der Waals surface area contributed by atoms with Crippen molar-refractivity contribution in [2.24, 2.45) is 10.8 Å². The van der Waals surface area contributed by atoms with Crippen molar-refractivity contribution in [1.82, 2.24) is 20.7 Å². The van der Waals surface area contributed by atoms with Gasteiger partial charge < -0.3 is 10.3 Å². The molecule has 0 bridgehead atoms. The Morgan fingerprint density at radius 3 is 2.73 bits per heavy atom. The second kappa shape index (κ2) is 5.35. The largest absolute Gasteiger partial charge is 0.353 e. The summed E-state index contributed by atoms with van der Waals surface area (Å²) in [5.74, 6) is 6.73. The third-order valence-corrected chi connectivity index (χ3v) is 1.80. The van der Waals surface area contributed by atoms with E-state index in [4.69, 9.17) is 5.84 Å². The van der Waals surface area contributed by atoms with Gasteiger partial charge in [-0.25, -0.2) is 15.8 Å². The van der Waals surface area contributed by atoms with Crippen LogP contribution < -0.4 is 16.6 Å². The number of imidazole rings is 1. The SMILES string of the molecule is CC(C)NC(=NC(C)c1ncc[nH]1)NN. The van der Waals surface area contributed by atoms with Gasteiger partial charge in [0.05, 0.1) is 0 Å². The summed E-state index contributed by atoms with van der Waals surface area (Å²) >= 11 is 0. The third-order valence-electron chi connectivity index (χ3n) is 1.80. The van der Waals surface area contributed by atoms with Gasteiger partial charge in [0.15, 0.2) is 0 Å². The van der Waals surface area contributed by atoms with Crippen molar-refractivity contribution in [3.05, 3.63) is 18.2 Å². The molecule has 0 radical (unpaired) electrons. The van der Waals surface area contributed by atoms with E-state index in [1.165, 1.54) is 0 Å². The van der Waals surface area contributed by atoms with E-state index in [9.17, 15) is 0 Å². The highest BCUT2D eigenvalue weighted by molar-refractivity contribution is 5.79. The molecule has 15 heavy (non-hydrogen) atoms. The van der Waals surface area contributed by atoms with E-state index in [2.05, 4.69) is 25.7 Å². The van der Waals surface area contributed by atoms with Crippen LogP contribution in [0.1, 0.15) is 32.6 Å². The summed E-state index contributed by atoms with van der Waals surface area (Å²) in [5, 5.41) is 3.09. The Labute approximate surface area is 89.4 Å². The Morgan fingerprint density at radius 1 is 1.53 bits per heavy atom. The second-order valence-corrected chi connectivity index (χ2v) is 3.57. The van der Waals surface area contributed by atoms with Crippen LogP contribution in [0.2, 0.25) is 0 Å². The first kappa shape index (κ1) is 11.5. The highest BCUT2D eigenvalue weighted by Crippen LogP contribution is 2.10. The number of guanidine groups is 1. The van der Waals surface area contributed by atoms with Gasteiger partial charge in [-0.1, -0.05) is 0 Å². The molecule has 1 atom stereocenters. The first-order valence-electron chi connectivity index (χ1n) is 4.93. The fourth-order valence-electron chi connectivity index (χ4n) is 1.15. The average molecular weight is 210 g/mol. The maximum absolute atomic E-state index is 5.35. The lowest BCUT2D eigenvalue weighted by Crippen LogP contribution is -2.44. The van der Waals surface area contributed by atoms with Gasteiger partial charge in [-0.3, -0.25) is 5.43 Å². The van der Waals surface area contributed by atoms with Crippen molar-refractivity contribution in [1.29, 1.82) is 0 Å². The van der Waals surface area contributed by atoms with Crippen molar-refractivity contribution in [3.63, 3.8) is 0 Å². The average Bonchev–Trinajstić information content (AvgIpc) is 2.68. The van der Waals surface area contributed by atoms with Crippen LogP contribution in [-0.4, -0.2) is 22.0 Å². The molecule has 1 heterocycles. The van der Waals surface area contributed by atoms with Gasteiger partial charge in [0.2, 0.25) is 5.96 Å². The molecule has 1 unspecified atom stereocenters. The second-order valence-electron chi connectivity index (χ2n) is 3.57. The molecule has 84 valence electrons. The molecule has 1 rings (SSSR count). The molecule has 1 aromatic rings. The smallest absolute Gasteiger partial charge is 0.206 e. The lowest BCUT2D eigenvalue weighted by atomic mass is 10.3. The summed E-state index contributed by atoms with van der Waals surface area (Å²) in [5.41, 5.74) is 2.52. The Bertz CT molecular complexity index is 302. The number of hydrazine groups is 1. The number of rotatable bonds is 3. The van der Waals surface area contributed by atoms with Crippen molar-refractivity contribution >= 4 is 5.96 Å². The minimum atomic E-state index is -0.0581. The molecule has 0 aliphatic carbocycles. The first-order chi connectivity index (χ1) is 7.13. The molecule has 0 spiro atoms. The van der Waals surface area contributed by atoms with Crippen molar-refractivity contribution in [2.75, 3.05) is 0 Å². The zero-order valence-electron chi connectivity index (χ0n) is 9.28. The molecule has 6 heteroatoms. The van der Waals surface area contributed by atoms with E-state index in [1.54, 1.807) is 12.4 Å². The van der Waals surface area contributed by atoms with Crippen molar-refractivity contribution < 1.29 is 0 Å². The predicted molar refractivity (Wildman–Crippen MR) is 60.0 cm³/mol. The van der Waals surface area contributed by atoms with Gasteiger partial charge >= 0.3 is 0 Å². The third kappa shape index (κ3) is 3.59. The number of H-pyrrole nitrogens is 1. The molecule has 1 aromatic heterocycles. The highest BCUT2D eigenvalue weighted by atomic mass is 15.3. The van der Waals surface area contributed by atoms with Crippen LogP contribution in [0, 0.1) is 0 Å². The van der Waals surface area contributed by atoms with Crippen LogP contribution in [-0.2, 0) is 0 Å². The molecule has 0 fully saturated rings. The molecule has 0 saturated carbocycles. The Kier molecular flexibility index (Phi) is 4.11. The van der Waals surface area contributed by atoms with Crippen molar-refractivity contribution in [2.45, 2.75) is 32.9 Å². The number of aromatic nitrogens is 2. The van der Waals surface area contributed by atoms with E-state index < -0.39 is 0 Å². The zero-order valence-corrected chi connectivity index (χ0v) is 9.28. The van der Waals surface area contributed by atoms with Gasteiger partial charge in [-0.15, -0.1) is 0 Å². The van der Waals surface area contributed by atoms with E-state index in [1.807, 2.05) is 20.8 Å². The standard InChI is InChI=1S/C9H18N6/c1-6(2)13-9(15-10)14-7(3)8-11-4-5-12-8/h4-7H,10H2,1-3H3,(H,11,12)(H2,13,14,15). The summed E-state index contributed by atoms with van der Waals surface area (Å²) in [6.07, 6.45) is 3.47. The summed E-state index contributed by atoms with van der Waals surface area (Å²) in [6, 6.07) is 0.223. The van der Waals surface area contributed by atoms with Gasteiger partial charge in [0, 0.05) is 18.4 Å². The first-order valence-corrected chi connectivity index (χ1v) is 4.93.